The number of ether oxygens (including phenoxy) is 1. The maximum atomic E-state index is 13.2. The quantitative estimate of drug-likeness (QED) is 0.507. The second kappa shape index (κ2) is 6.46. The minimum Gasteiger partial charge on any atom is -0.479 e. The number of rotatable bonds is 4. The maximum Gasteiger partial charge on any atom is 0.416 e. The summed E-state index contributed by atoms with van der Waals surface area (Å²) in [6.45, 7) is 0.0609. The molecule has 1 saturated heterocycles. The first kappa shape index (κ1) is 18.7. The molecule has 10 heteroatoms. The lowest BCUT2D eigenvalue weighted by Gasteiger charge is -2.08. The molecular weight excluding hydrogens is 404 g/mol. The highest BCUT2D eigenvalue weighted by Crippen LogP contribution is 2.43. The van der Waals surface area contributed by atoms with Crippen LogP contribution in [-0.4, -0.2) is 27.0 Å². The summed E-state index contributed by atoms with van der Waals surface area (Å²) < 4.78 is 59.0. The summed E-state index contributed by atoms with van der Waals surface area (Å²) in [6, 6.07) is 6.86. The van der Waals surface area contributed by atoms with Crippen LogP contribution in [0.4, 0.5) is 17.6 Å². The van der Waals surface area contributed by atoms with E-state index in [0.29, 0.717) is 11.1 Å². The number of aliphatic carboxylic acids is 1. The Bertz CT molecular complexity index is 1100. The van der Waals surface area contributed by atoms with Crippen molar-refractivity contribution < 1.29 is 32.2 Å². The average molecular weight is 415 g/mol. The SMILES string of the molecule is O=C(O)C1OC1c1nn(Cc2ccc(F)cc2Cl)c2ccc(C(F)(F)F)cc12. The van der Waals surface area contributed by atoms with Gasteiger partial charge in [-0.15, -0.1) is 0 Å². The molecule has 5 nitrogen and oxygen atoms in total. The number of nitrogens with zero attached hydrogens (tertiary/aromatic N) is 2. The first-order chi connectivity index (χ1) is 13.1. The number of epoxide rings is 1. The third-order valence-electron chi connectivity index (χ3n) is 4.45. The van der Waals surface area contributed by atoms with Crippen molar-refractivity contribution in [2.24, 2.45) is 0 Å². The van der Waals surface area contributed by atoms with Crippen LogP contribution < -0.4 is 0 Å². The van der Waals surface area contributed by atoms with E-state index in [1.807, 2.05) is 0 Å². The number of benzene rings is 2. The molecule has 2 atom stereocenters. The van der Waals surface area contributed by atoms with Crippen LogP contribution in [0, 0.1) is 5.82 Å². The van der Waals surface area contributed by atoms with Crippen molar-refractivity contribution in [3.05, 3.63) is 64.1 Å². The lowest BCUT2D eigenvalue weighted by Crippen LogP contribution is -2.06. The van der Waals surface area contributed by atoms with E-state index >= 15 is 0 Å². The fraction of sp³-hybridized carbons (Fsp3) is 0.222. The number of aromatic nitrogens is 2. The van der Waals surface area contributed by atoms with Crippen molar-refractivity contribution in [3.8, 4) is 0 Å². The number of hydrogen-bond acceptors (Lipinski definition) is 3. The van der Waals surface area contributed by atoms with E-state index in [4.69, 9.17) is 21.4 Å². The Labute approximate surface area is 160 Å². The highest BCUT2D eigenvalue weighted by Gasteiger charge is 2.49. The summed E-state index contributed by atoms with van der Waals surface area (Å²) in [7, 11) is 0. The molecule has 146 valence electrons. The van der Waals surface area contributed by atoms with E-state index in [0.717, 1.165) is 18.2 Å². The van der Waals surface area contributed by atoms with Gasteiger partial charge in [0.2, 0.25) is 0 Å². The van der Waals surface area contributed by atoms with Gasteiger partial charge in [0.1, 0.15) is 17.6 Å². The number of alkyl halides is 3. The van der Waals surface area contributed by atoms with Crippen LogP contribution in [0.5, 0.6) is 0 Å². The minimum absolute atomic E-state index is 0.0609. The van der Waals surface area contributed by atoms with Crippen LogP contribution in [0.2, 0.25) is 5.02 Å². The molecule has 1 aliphatic heterocycles. The van der Waals surface area contributed by atoms with Crippen LogP contribution in [0.3, 0.4) is 0 Å². The van der Waals surface area contributed by atoms with Crippen molar-refractivity contribution in [1.82, 2.24) is 9.78 Å². The second-order valence-electron chi connectivity index (χ2n) is 6.32. The minimum atomic E-state index is -4.57. The van der Waals surface area contributed by atoms with Gasteiger partial charge >= 0.3 is 12.1 Å². The molecule has 2 heterocycles. The lowest BCUT2D eigenvalue weighted by atomic mass is 10.1. The Balaban J connectivity index is 1.81. The van der Waals surface area contributed by atoms with Gasteiger partial charge in [-0.25, -0.2) is 9.18 Å². The molecule has 0 aliphatic carbocycles. The number of carboxylic acids is 1. The smallest absolute Gasteiger partial charge is 0.416 e. The Morgan fingerprint density at radius 3 is 2.61 bits per heavy atom. The fourth-order valence-electron chi connectivity index (χ4n) is 3.03. The molecule has 2 unspecified atom stereocenters. The van der Waals surface area contributed by atoms with Gasteiger partial charge in [-0.1, -0.05) is 17.7 Å². The molecular formula is C18H11ClF4N2O3. The number of carbonyl (C=O) groups is 1. The van der Waals surface area contributed by atoms with Gasteiger partial charge in [0.25, 0.3) is 0 Å². The Hall–Kier alpha value is -2.65. The van der Waals surface area contributed by atoms with E-state index in [2.05, 4.69) is 5.10 Å². The molecule has 28 heavy (non-hydrogen) atoms. The predicted molar refractivity (Wildman–Crippen MR) is 90.5 cm³/mol. The van der Waals surface area contributed by atoms with Crippen molar-refractivity contribution in [1.29, 1.82) is 0 Å². The third kappa shape index (κ3) is 3.31. The molecule has 3 aromatic rings. The van der Waals surface area contributed by atoms with Crippen LogP contribution in [0.15, 0.2) is 36.4 Å². The number of carboxylic acid groups (broad SMARTS) is 1. The zero-order chi connectivity index (χ0) is 20.2. The monoisotopic (exact) mass is 414 g/mol. The van der Waals surface area contributed by atoms with E-state index in [1.165, 1.54) is 22.9 Å². The normalized spacial score (nSPS) is 19.2. The Morgan fingerprint density at radius 1 is 1.25 bits per heavy atom. The van der Waals surface area contributed by atoms with Crippen LogP contribution >= 0.6 is 11.6 Å². The Morgan fingerprint density at radius 2 is 2.00 bits per heavy atom. The maximum absolute atomic E-state index is 13.2. The summed E-state index contributed by atoms with van der Waals surface area (Å²) in [5, 5.41) is 13.6. The summed E-state index contributed by atoms with van der Waals surface area (Å²) in [4.78, 5) is 11.1. The summed E-state index contributed by atoms with van der Waals surface area (Å²) in [5.41, 5.74) is 0.0771. The first-order valence-electron chi connectivity index (χ1n) is 8.05. The number of hydrogen-bond donors (Lipinski definition) is 1. The lowest BCUT2D eigenvalue weighted by molar-refractivity contribution is -0.138. The molecule has 1 aliphatic rings. The van der Waals surface area contributed by atoms with Gasteiger partial charge in [-0.2, -0.15) is 18.3 Å². The Kier molecular flexibility index (Phi) is 4.31. The van der Waals surface area contributed by atoms with E-state index < -0.39 is 35.7 Å². The summed E-state index contributed by atoms with van der Waals surface area (Å²) in [5.74, 6) is -1.74. The van der Waals surface area contributed by atoms with Gasteiger partial charge in [-0.05, 0) is 35.9 Å². The topological polar surface area (TPSA) is 67.7 Å². The van der Waals surface area contributed by atoms with E-state index in [-0.39, 0.29) is 22.6 Å². The van der Waals surface area contributed by atoms with E-state index in [9.17, 15) is 22.4 Å². The zero-order valence-electron chi connectivity index (χ0n) is 13.9. The molecule has 0 saturated carbocycles. The summed E-state index contributed by atoms with van der Waals surface area (Å²) in [6.07, 6.45) is -6.66. The first-order valence-corrected chi connectivity index (χ1v) is 8.43. The molecule has 1 fully saturated rings. The predicted octanol–water partition coefficient (Wildman–Crippen LogP) is 4.42. The van der Waals surface area contributed by atoms with Gasteiger partial charge in [0.15, 0.2) is 6.10 Å². The van der Waals surface area contributed by atoms with Gasteiger partial charge in [0, 0.05) is 10.4 Å². The zero-order valence-corrected chi connectivity index (χ0v) is 14.6. The fourth-order valence-corrected chi connectivity index (χ4v) is 3.26. The van der Waals surface area contributed by atoms with Gasteiger partial charge in [-0.3, -0.25) is 4.68 Å². The second-order valence-corrected chi connectivity index (χ2v) is 6.73. The number of halogens is 5. The van der Waals surface area contributed by atoms with Crippen molar-refractivity contribution >= 4 is 28.5 Å². The van der Waals surface area contributed by atoms with Crippen molar-refractivity contribution in [2.45, 2.75) is 24.9 Å². The van der Waals surface area contributed by atoms with Gasteiger partial charge < -0.3 is 9.84 Å². The largest absolute Gasteiger partial charge is 0.479 e. The average Bonchev–Trinajstić information content (AvgIpc) is 3.33. The third-order valence-corrected chi connectivity index (χ3v) is 4.80. The van der Waals surface area contributed by atoms with E-state index in [1.54, 1.807) is 0 Å². The molecule has 0 spiro atoms. The molecule has 0 bridgehead atoms. The highest BCUT2D eigenvalue weighted by atomic mass is 35.5. The van der Waals surface area contributed by atoms with Gasteiger partial charge in [0.05, 0.1) is 17.6 Å². The standard InChI is InChI=1S/C18H11ClF4N2O3/c19-12-6-10(20)3-1-8(12)7-25-13-4-2-9(18(21,22)23)5-11(13)14(24-25)15-16(28-15)17(26)27/h1-6,15-16H,7H2,(H,26,27). The van der Waals surface area contributed by atoms with Crippen molar-refractivity contribution in [3.63, 3.8) is 0 Å². The van der Waals surface area contributed by atoms with Crippen LogP contribution in [0.25, 0.3) is 10.9 Å². The molecule has 0 amide bonds. The highest BCUT2D eigenvalue weighted by molar-refractivity contribution is 6.31. The summed E-state index contributed by atoms with van der Waals surface area (Å²) >= 11 is 6.03. The molecule has 2 aromatic carbocycles. The molecule has 1 N–H and O–H groups in total. The van der Waals surface area contributed by atoms with Crippen LogP contribution in [-0.2, 0) is 22.3 Å². The molecule has 1 aromatic heterocycles. The van der Waals surface area contributed by atoms with Crippen LogP contribution in [0.1, 0.15) is 22.9 Å². The molecule has 0 radical (unpaired) electrons. The number of fused-ring (bicyclic) bond motifs is 1. The molecule has 4 rings (SSSR count). The van der Waals surface area contributed by atoms with Crippen molar-refractivity contribution in [2.75, 3.05) is 0 Å².